The second-order valence-corrected chi connectivity index (χ2v) is 8.15. The van der Waals surface area contributed by atoms with Gasteiger partial charge in [-0.3, -0.25) is 22.4 Å². The molecular formula is C12H29NaO12S3. The van der Waals surface area contributed by atoms with Crippen LogP contribution >= 0.6 is 0 Å². The molecule has 0 aromatic carbocycles. The van der Waals surface area contributed by atoms with E-state index < -0.39 is 31.2 Å². The summed E-state index contributed by atoms with van der Waals surface area (Å²) in [5.74, 6) is 0. The van der Waals surface area contributed by atoms with Crippen molar-refractivity contribution in [1.82, 2.24) is 0 Å². The average molecular weight is 485 g/mol. The van der Waals surface area contributed by atoms with Crippen molar-refractivity contribution in [2.45, 2.75) is 71.1 Å². The van der Waals surface area contributed by atoms with Crippen molar-refractivity contribution in [3.05, 3.63) is 0 Å². The van der Waals surface area contributed by atoms with E-state index in [2.05, 4.69) is 11.1 Å². The molecule has 168 valence electrons. The van der Waals surface area contributed by atoms with E-state index in [4.69, 9.17) is 35.0 Å². The summed E-state index contributed by atoms with van der Waals surface area (Å²) < 4.78 is 97.6. The van der Waals surface area contributed by atoms with Gasteiger partial charge in [0, 0.05) is 0 Å². The average Bonchev–Trinajstić information content (AvgIpc) is 2.40. The third-order valence-electron chi connectivity index (χ3n) is 2.73. The fourth-order valence-electron chi connectivity index (χ4n) is 1.75. The molecule has 0 aliphatic heterocycles. The zero-order valence-electron chi connectivity index (χ0n) is 16.1. The summed E-state index contributed by atoms with van der Waals surface area (Å²) in [6.07, 6.45) is 11.7. The molecule has 0 aliphatic rings. The number of rotatable bonds is 12. The predicted octanol–water partition coefficient (Wildman–Crippen LogP) is -0.917. The van der Waals surface area contributed by atoms with Gasteiger partial charge in [0.15, 0.2) is 0 Å². The summed E-state index contributed by atoms with van der Waals surface area (Å²) in [6.45, 7) is 2.24. The molecular weight excluding hydrogens is 455 g/mol. The van der Waals surface area contributed by atoms with E-state index in [0.717, 1.165) is 12.8 Å². The number of hydrogen-bond acceptors (Lipinski definition) is 8. The quantitative estimate of drug-likeness (QED) is 0.114. The molecule has 0 atom stereocenters. The van der Waals surface area contributed by atoms with Crippen LogP contribution in [0, 0.1) is 0 Å². The van der Waals surface area contributed by atoms with E-state index in [1.165, 1.54) is 44.9 Å². The molecule has 0 fully saturated rings. The summed E-state index contributed by atoms with van der Waals surface area (Å²) in [5, 5.41) is 0. The van der Waals surface area contributed by atoms with Gasteiger partial charge in [-0.05, 0) is 6.42 Å². The molecule has 28 heavy (non-hydrogen) atoms. The first kappa shape index (κ1) is 36.0. The van der Waals surface area contributed by atoms with Crippen molar-refractivity contribution in [1.29, 1.82) is 0 Å². The molecule has 0 radical (unpaired) electrons. The predicted molar refractivity (Wildman–Crippen MR) is 95.8 cm³/mol. The molecule has 16 heteroatoms. The molecule has 12 nitrogen and oxygen atoms in total. The Labute approximate surface area is 189 Å². The molecule has 0 aromatic rings. The molecule has 0 spiro atoms. The van der Waals surface area contributed by atoms with E-state index in [1.807, 2.05) is 0 Å². The van der Waals surface area contributed by atoms with E-state index >= 15 is 0 Å². The molecule has 0 amide bonds. The topological polar surface area (TPSA) is 216 Å². The van der Waals surface area contributed by atoms with Crippen molar-refractivity contribution in [2.75, 3.05) is 6.61 Å². The Hall–Kier alpha value is 0.610. The summed E-state index contributed by atoms with van der Waals surface area (Å²) in [7, 11) is -13.8. The molecule has 0 saturated heterocycles. The Morgan fingerprint density at radius 1 is 0.643 bits per heavy atom. The van der Waals surface area contributed by atoms with Crippen LogP contribution in [0.2, 0.25) is 0 Å². The van der Waals surface area contributed by atoms with Crippen molar-refractivity contribution >= 4 is 31.2 Å². The normalized spacial score (nSPS) is 11.4. The minimum Gasteiger partial charge on any atom is -0.726 e. The largest absolute Gasteiger partial charge is 1.00 e. The zero-order chi connectivity index (χ0) is 22.0. The maximum atomic E-state index is 10.1. The second kappa shape index (κ2) is 20.9. The van der Waals surface area contributed by atoms with Crippen molar-refractivity contribution in [2.24, 2.45) is 0 Å². The fraction of sp³-hybridized carbons (Fsp3) is 1.00. The second-order valence-electron chi connectivity index (χ2n) is 5.31. The van der Waals surface area contributed by atoms with Crippen LogP contribution < -0.4 is 29.6 Å². The van der Waals surface area contributed by atoms with Crippen LogP contribution in [0.5, 0.6) is 0 Å². The van der Waals surface area contributed by atoms with Crippen molar-refractivity contribution in [3.63, 3.8) is 0 Å². The van der Waals surface area contributed by atoms with E-state index in [9.17, 15) is 13.0 Å². The number of unbranched alkanes of at least 4 members (excludes halogenated alkanes) is 9. The monoisotopic (exact) mass is 484 g/mol. The van der Waals surface area contributed by atoms with Crippen LogP contribution in [0.3, 0.4) is 0 Å². The summed E-state index contributed by atoms with van der Waals surface area (Å²) >= 11 is 0. The van der Waals surface area contributed by atoms with Gasteiger partial charge in [0.2, 0.25) is 10.4 Å². The van der Waals surface area contributed by atoms with Crippen LogP contribution in [0.15, 0.2) is 0 Å². The standard InChI is InChI=1S/C12H26O4S.Na.2H2O4S/c1-2-3-4-5-6-7-8-9-10-11-12-16-17(13,14)15;;2*1-5(2,3)4/h2-12H2,1H3,(H,13,14,15);;2*(H2,1,2,3,4)/q;+1;;/p-1. The summed E-state index contributed by atoms with van der Waals surface area (Å²) in [6, 6.07) is 0. The minimum atomic E-state index is -4.67. The number of hydrogen-bond donors (Lipinski definition) is 4. The van der Waals surface area contributed by atoms with Gasteiger partial charge in [-0.2, -0.15) is 16.8 Å². The van der Waals surface area contributed by atoms with Crippen LogP contribution in [0.4, 0.5) is 0 Å². The van der Waals surface area contributed by atoms with Gasteiger partial charge in [0.25, 0.3) is 0 Å². The molecule has 0 unspecified atom stereocenters. The smallest absolute Gasteiger partial charge is 0.726 e. The molecule has 0 aliphatic carbocycles. The van der Waals surface area contributed by atoms with Gasteiger partial charge in [0.1, 0.15) is 0 Å². The first-order valence-electron chi connectivity index (χ1n) is 8.06. The van der Waals surface area contributed by atoms with Crippen LogP contribution in [0.25, 0.3) is 0 Å². The third kappa shape index (κ3) is 81.8. The van der Waals surface area contributed by atoms with Gasteiger partial charge in [-0.1, -0.05) is 64.7 Å². The van der Waals surface area contributed by atoms with Gasteiger partial charge < -0.3 is 4.55 Å². The summed E-state index contributed by atoms with van der Waals surface area (Å²) in [4.78, 5) is 0. The first-order chi connectivity index (χ1) is 12.1. The Bertz CT molecular complexity index is 585. The van der Waals surface area contributed by atoms with E-state index in [1.54, 1.807) is 0 Å². The first-order valence-corrected chi connectivity index (χ1v) is 12.2. The summed E-state index contributed by atoms with van der Waals surface area (Å²) in [5.41, 5.74) is 0. The van der Waals surface area contributed by atoms with Gasteiger partial charge in [-0.15, -0.1) is 0 Å². The Kier molecular flexibility index (Phi) is 26.8. The SMILES string of the molecule is CCCCCCCCCCCCOS(=O)(=O)[O-].O=S(=O)(O)O.O=S(=O)(O)O.[Na+]. The van der Waals surface area contributed by atoms with Gasteiger partial charge in [0.05, 0.1) is 6.61 Å². The Morgan fingerprint density at radius 3 is 1.14 bits per heavy atom. The maximum absolute atomic E-state index is 10.1. The molecule has 0 bridgehead atoms. The van der Waals surface area contributed by atoms with Gasteiger partial charge >= 0.3 is 50.4 Å². The molecule has 0 aromatic heterocycles. The fourth-order valence-corrected chi connectivity index (χ4v) is 2.07. The molecule has 4 N–H and O–H groups in total. The molecule has 0 saturated carbocycles. The maximum Gasteiger partial charge on any atom is 1.00 e. The van der Waals surface area contributed by atoms with Crippen LogP contribution in [-0.2, 0) is 35.4 Å². The van der Waals surface area contributed by atoms with E-state index in [-0.39, 0.29) is 36.2 Å². The van der Waals surface area contributed by atoms with Crippen molar-refractivity contribution in [3.8, 4) is 0 Å². The molecule has 0 rings (SSSR count). The van der Waals surface area contributed by atoms with Crippen molar-refractivity contribution < 1.29 is 81.8 Å². The van der Waals surface area contributed by atoms with Crippen LogP contribution in [0.1, 0.15) is 71.1 Å². The molecule has 0 heterocycles. The Morgan fingerprint density at radius 2 is 0.893 bits per heavy atom. The van der Waals surface area contributed by atoms with E-state index in [0.29, 0.717) is 6.42 Å². The third-order valence-corrected chi connectivity index (χ3v) is 3.18. The van der Waals surface area contributed by atoms with Crippen LogP contribution in [-0.4, -0.2) is 54.6 Å². The Balaban J connectivity index is -0.000000216. The van der Waals surface area contributed by atoms with Gasteiger partial charge in [-0.25, -0.2) is 8.42 Å². The minimum absolute atomic E-state index is 0. The zero-order valence-corrected chi connectivity index (χ0v) is 20.5.